The molecule has 0 aromatic heterocycles. The molecule has 1 aromatic rings. The minimum absolute atomic E-state index is 0.00684. The Bertz CT molecular complexity index is 1080. The number of benzene rings is 1. The number of amides is 3. The molecule has 0 aliphatic heterocycles. The molecular weight excluding hydrogens is 570 g/mol. The summed E-state index contributed by atoms with van der Waals surface area (Å²) < 4.78 is 10.3. The number of carbonyl (C=O) groups excluding carboxylic acids is 7. The van der Waals surface area contributed by atoms with Gasteiger partial charge in [0.25, 0.3) is 0 Å². The van der Waals surface area contributed by atoms with E-state index in [1.54, 1.807) is 13.0 Å². The predicted molar refractivity (Wildman–Crippen MR) is 150 cm³/mol. The number of rotatable bonds is 14. The summed E-state index contributed by atoms with van der Waals surface area (Å²) in [5.74, 6) is -3.49. The van der Waals surface area contributed by atoms with Crippen molar-refractivity contribution in [2.75, 3.05) is 23.9 Å². The van der Waals surface area contributed by atoms with Crippen molar-refractivity contribution in [1.29, 1.82) is 0 Å². The lowest BCUT2D eigenvalue weighted by Gasteiger charge is -2.19. The zero-order valence-corrected chi connectivity index (χ0v) is 24.3. The summed E-state index contributed by atoms with van der Waals surface area (Å²) in [7, 11) is 0. The maximum Gasteiger partial charge on any atom is 0.334 e. The standard InChI is InChI=1S/C24H31N3O9S3/c1-5-35-21(31)18(26-14(3)29)11-38-23(33)16-8-6-7-9-20(16)36-22(32)19(27-15(4)30)12-39-24(34)17(10-37)25-13(2)28/h6-9,17-19,37H,5,10-12H2,1-4H3,(H,25,28)(H,26,29)(H,27,30). The Morgan fingerprint density at radius 3 is 1.85 bits per heavy atom. The molecule has 0 saturated carbocycles. The molecular formula is C24H31N3O9S3. The smallest absolute Gasteiger partial charge is 0.334 e. The molecule has 0 bridgehead atoms. The number of hydrogen-bond donors (Lipinski definition) is 4. The highest BCUT2D eigenvalue weighted by atomic mass is 32.2. The van der Waals surface area contributed by atoms with E-state index in [0.717, 1.165) is 0 Å². The molecule has 0 heterocycles. The van der Waals surface area contributed by atoms with Crippen LogP contribution < -0.4 is 20.7 Å². The van der Waals surface area contributed by atoms with Gasteiger partial charge in [0, 0.05) is 38.0 Å². The minimum Gasteiger partial charge on any atom is -0.464 e. The molecule has 0 saturated heterocycles. The molecule has 3 N–H and O–H groups in total. The van der Waals surface area contributed by atoms with Crippen LogP contribution in [0.5, 0.6) is 5.75 Å². The highest BCUT2D eigenvalue weighted by molar-refractivity contribution is 8.14. The molecule has 1 aromatic carbocycles. The van der Waals surface area contributed by atoms with Crippen molar-refractivity contribution in [1.82, 2.24) is 16.0 Å². The third-order valence-electron chi connectivity index (χ3n) is 4.55. The first-order chi connectivity index (χ1) is 18.4. The Morgan fingerprint density at radius 2 is 1.31 bits per heavy atom. The van der Waals surface area contributed by atoms with Crippen LogP contribution in [0.15, 0.2) is 24.3 Å². The lowest BCUT2D eigenvalue weighted by atomic mass is 10.2. The number of esters is 2. The summed E-state index contributed by atoms with van der Waals surface area (Å²) in [5.41, 5.74) is 0.00684. The van der Waals surface area contributed by atoms with Gasteiger partial charge in [-0.1, -0.05) is 35.7 Å². The topological polar surface area (TPSA) is 174 Å². The molecule has 0 radical (unpaired) electrons. The predicted octanol–water partition coefficient (Wildman–Crippen LogP) is 0.732. The van der Waals surface area contributed by atoms with Gasteiger partial charge in [0.1, 0.15) is 23.9 Å². The Labute approximate surface area is 239 Å². The van der Waals surface area contributed by atoms with Crippen LogP contribution in [0.4, 0.5) is 0 Å². The normalized spacial score (nSPS) is 12.7. The lowest BCUT2D eigenvalue weighted by Crippen LogP contribution is -2.45. The quantitative estimate of drug-likeness (QED) is 0.134. The van der Waals surface area contributed by atoms with Crippen molar-refractivity contribution in [2.45, 2.75) is 45.8 Å². The van der Waals surface area contributed by atoms with Gasteiger partial charge in [-0.2, -0.15) is 12.6 Å². The third kappa shape index (κ3) is 12.6. The summed E-state index contributed by atoms with van der Waals surface area (Å²) in [6.45, 7) is 5.36. The number of thiol groups is 1. The van der Waals surface area contributed by atoms with Crippen molar-refractivity contribution >= 4 is 76.0 Å². The van der Waals surface area contributed by atoms with Gasteiger partial charge in [-0.05, 0) is 19.1 Å². The van der Waals surface area contributed by atoms with Crippen LogP contribution in [0, 0.1) is 0 Å². The Kier molecular flexibility index (Phi) is 15.3. The zero-order chi connectivity index (χ0) is 29.5. The Morgan fingerprint density at radius 1 is 0.795 bits per heavy atom. The monoisotopic (exact) mass is 601 g/mol. The van der Waals surface area contributed by atoms with Crippen molar-refractivity contribution in [3.63, 3.8) is 0 Å². The van der Waals surface area contributed by atoms with Crippen LogP contribution in [0.2, 0.25) is 0 Å². The van der Waals surface area contributed by atoms with Gasteiger partial charge in [0.05, 0.1) is 12.2 Å². The third-order valence-corrected chi connectivity index (χ3v) is 6.96. The van der Waals surface area contributed by atoms with E-state index in [1.807, 2.05) is 0 Å². The Balaban J connectivity index is 2.98. The average Bonchev–Trinajstić information content (AvgIpc) is 2.86. The van der Waals surface area contributed by atoms with Crippen LogP contribution in [0.1, 0.15) is 38.1 Å². The molecule has 214 valence electrons. The van der Waals surface area contributed by atoms with Crippen LogP contribution in [-0.4, -0.2) is 81.9 Å². The lowest BCUT2D eigenvalue weighted by molar-refractivity contribution is -0.146. The van der Waals surface area contributed by atoms with E-state index >= 15 is 0 Å². The fourth-order valence-corrected chi connectivity index (χ4v) is 5.04. The van der Waals surface area contributed by atoms with E-state index in [2.05, 4.69) is 28.6 Å². The van der Waals surface area contributed by atoms with E-state index in [-0.39, 0.29) is 35.2 Å². The van der Waals surface area contributed by atoms with E-state index in [0.29, 0.717) is 23.5 Å². The SMILES string of the molecule is CCOC(=O)C(CSC(=O)c1ccccc1OC(=O)C(CSC(=O)C(CS)NC(C)=O)NC(C)=O)NC(C)=O. The van der Waals surface area contributed by atoms with Crippen LogP contribution in [0.3, 0.4) is 0 Å². The minimum atomic E-state index is -1.25. The second kappa shape index (κ2) is 17.5. The first-order valence-electron chi connectivity index (χ1n) is 11.6. The number of hydrogen-bond acceptors (Lipinski definition) is 12. The van der Waals surface area contributed by atoms with Gasteiger partial charge in [-0.25, -0.2) is 9.59 Å². The molecule has 1 rings (SSSR count). The van der Waals surface area contributed by atoms with Gasteiger partial charge in [0.2, 0.25) is 28.0 Å². The van der Waals surface area contributed by atoms with Crippen molar-refractivity contribution in [2.24, 2.45) is 0 Å². The van der Waals surface area contributed by atoms with E-state index in [9.17, 15) is 33.6 Å². The molecule has 0 aliphatic carbocycles. The number of carbonyl (C=O) groups is 7. The van der Waals surface area contributed by atoms with Crippen molar-refractivity contribution < 1.29 is 43.0 Å². The van der Waals surface area contributed by atoms with Crippen LogP contribution in [-0.2, 0) is 33.5 Å². The van der Waals surface area contributed by atoms with Gasteiger partial charge >= 0.3 is 11.9 Å². The number of nitrogens with one attached hydrogen (secondary N) is 3. The van der Waals surface area contributed by atoms with Gasteiger partial charge in [0.15, 0.2) is 0 Å². The van der Waals surface area contributed by atoms with Gasteiger partial charge in [-0.3, -0.25) is 24.0 Å². The maximum absolute atomic E-state index is 12.9. The second-order valence-electron chi connectivity index (χ2n) is 7.84. The second-order valence-corrected chi connectivity index (χ2v) is 10.2. The molecule has 39 heavy (non-hydrogen) atoms. The summed E-state index contributed by atoms with van der Waals surface area (Å²) in [4.78, 5) is 84.8. The largest absolute Gasteiger partial charge is 0.464 e. The molecule has 0 spiro atoms. The van der Waals surface area contributed by atoms with E-state index < -0.39 is 58.0 Å². The van der Waals surface area contributed by atoms with Crippen molar-refractivity contribution in [3.05, 3.63) is 29.8 Å². The van der Waals surface area contributed by atoms with Gasteiger partial charge < -0.3 is 25.4 Å². The van der Waals surface area contributed by atoms with Crippen molar-refractivity contribution in [3.8, 4) is 5.75 Å². The molecule has 3 amide bonds. The fourth-order valence-electron chi connectivity index (χ4n) is 2.90. The highest BCUT2D eigenvalue weighted by Crippen LogP contribution is 2.25. The molecule has 0 aliphatic rings. The summed E-state index contributed by atoms with van der Waals surface area (Å²) in [5, 5.41) is 6.26. The molecule has 12 nitrogen and oxygen atoms in total. The van der Waals surface area contributed by atoms with Crippen LogP contribution >= 0.6 is 36.2 Å². The van der Waals surface area contributed by atoms with Crippen LogP contribution in [0.25, 0.3) is 0 Å². The first-order valence-corrected chi connectivity index (χ1v) is 14.2. The summed E-state index contributed by atoms with van der Waals surface area (Å²) >= 11 is 5.46. The maximum atomic E-state index is 12.9. The van der Waals surface area contributed by atoms with E-state index in [4.69, 9.17) is 9.47 Å². The Hall–Kier alpha value is -3.04. The number of thioether (sulfide) groups is 2. The highest BCUT2D eigenvalue weighted by Gasteiger charge is 2.28. The molecule has 3 atom stereocenters. The molecule has 3 unspecified atom stereocenters. The number of ether oxygens (including phenoxy) is 2. The average molecular weight is 602 g/mol. The molecule has 0 fully saturated rings. The fraction of sp³-hybridized carbons (Fsp3) is 0.458. The van der Waals surface area contributed by atoms with E-state index in [1.165, 1.54) is 39.0 Å². The zero-order valence-electron chi connectivity index (χ0n) is 21.8. The first kappa shape index (κ1) is 34.0. The van der Waals surface area contributed by atoms with Gasteiger partial charge in [-0.15, -0.1) is 0 Å². The summed E-state index contributed by atoms with van der Waals surface area (Å²) in [6.07, 6.45) is 0. The summed E-state index contributed by atoms with van der Waals surface area (Å²) in [6, 6.07) is 2.64. The number of para-hydroxylation sites is 1. The molecule has 15 heteroatoms.